The molecule has 8 nitrogen and oxygen atoms in total. The smallest absolute Gasteiger partial charge is 0.337 e. The second-order valence-corrected chi connectivity index (χ2v) is 6.07. The molecule has 1 aromatic heterocycles. The third kappa shape index (κ3) is 4.69. The van der Waals surface area contributed by atoms with Crippen molar-refractivity contribution in [3.8, 4) is 5.75 Å². The van der Waals surface area contributed by atoms with Gasteiger partial charge in [-0.1, -0.05) is 6.07 Å². The van der Waals surface area contributed by atoms with Crippen molar-refractivity contribution in [1.29, 1.82) is 0 Å². The number of fused-ring (bicyclic) bond motifs is 1. The maximum absolute atomic E-state index is 13.7. The molecular weight excluding hydrogens is 395 g/mol. The van der Waals surface area contributed by atoms with Crippen LogP contribution in [0.25, 0.3) is 17.0 Å². The van der Waals surface area contributed by atoms with Crippen LogP contribution in [0.4, 0.5) is 4.39 Å². The first kappa shape index (κ1) is 20.7. The van der Waals surface area contributed by atoms with Gasteiger partial charge in [0.25, 0.3) is 5.56 Å². The van der Waals surface area contributed by atoms with Crippen molar-refractivity contribution in [3.05, 3.63) is 75.6 Å². The highest BCUT2D eigenvalue weighted by Gasteiger charge is 2.11. The summed E-state index contributed by atoms with van der Waals surface area (Å²) in [5.41, 5.74) is 0.502. The van der Waals surface area contributed by atoms with Crippen LogP contribution in [0.1, 0.15) is 21.7 Å². The van der Waals surface area contributed by atoms with E-state index in [1.54, 1.807) is 6.07 Å². The predicted molar refractivity (Wildman–Crippen MR) is 105 cm³/mol. The molecule has 2 aromatic carbocycles. The van der Waals surface area contributed by atoms with Crippen LogP contribution in [0, 0.1) is 5.82 Å². The zero-order chi connectivity index (χ0) is 21.7. The molecule has 0 radical (unpaired) electrons. The van der Waals surface area contributed by atoms with Crippen LogP contribution in [-0.2, 0) is 20.9 Å². The van der Waals surface area contributed by atoms with Crippen molar-refractivity contribution in [2.45, 2.75) is 6.61 Å². The van der Waals surface area contributed by atoms with E-state index in [0.717, 1.165) is 6.08 Å². The molecule has 3 aromatic rings. The quantitative estimate of drug-likeness (QED) is 0.490. The molecule has 9 heteroatoms. The Hall–Kier alpha value is -4.01. The molecule has 0 spiro atoms. The molecular formula is C21H17FN2O6. The normalized spacial score (nSPS) is 10.9. The monoisotopic (exact) mass is 412 g/mol. The number of halogens is 1. The molecule has 0 saturated carbocycles. The Bertz CT molecular complexity index is 1200. The van der Waals surface area contributed by atoms with Crippen LogP contribution in [0.3, 0.4) is 0 Å². The van der Waals surface area contributed by atoms with Crippen LogP contribution < -0.4 is 10.3 Å². The Balaban J connectivity index is 1.71. The Labute approximate surface area is 169 Å². The minimum Gasteiger partial charge on any atom is -0.494 e. The number of methoxy groups -OCH3 is 2. The molecule has 3 rings (SSSR count). The lowest BCUT2D eigenvalue weighted by atomic mass is 10.1. The third-order valence-corrected chi connectivity index (χ3v) is 4.12. The number of rotatable bonds is 6. The summed E-state index contributed by atoms with van der Waals surface area (Å²) in [6.45, 7) is -0.298. The van der Waals surface area contributed by atoms with Crippen molar-refractivity contribution in [2.24, 2.45) is 0 Å². The van der Waals surface area contributed by atoms with Gasteiger partial charge in [-0.05, 0) is 42.0 Å². The molecule has 154 valence electrons. The molecule has 1 N–H and O–H groups in total. The second-order valence-electron chi connectivity index (χ2n) is 6.07. The van der Waals surface area contributed by atoms with E-state index in [1.165, 1.54) is 50.6 Å². The Kier molecular flexibility index (Phi) is 6.21. The third-order valence-electron chi connectivity index (χ3n) is 4.12. The van der Waals surface area contributed by atoms with Crippen molar-refractivity contribution >= 4 is 28.9 Å². The van der Waals surface area contributed by atoms with Crippen molar-refractivity contribution in [2.75, 3.05) is 14.2 Å². The van der Waals surface area contributed by atoms with Gasteiger partial charge in [0.2, 0.25) is 0 Å². The van der Waals surface area contributed by atoms with E-state index in [0.29, 0.717) is 5.56 Å². The molecule has 0 atom stereocenters. The van der Waals surface area contributed by atoms with E-state index in [1.807, 2.05) is 0 Å². The first-order valence-corrected chi connectivity index (χ1v) is 8.71. The van der Waals surface area contributed by atoms with Gasteiger partial charge in [-0.3, -0.25) is 4.79 Å². The minimum absolute atomic E-state index is 0.0939. The molecule has 1 heterocycles. The van der Waals surface area contributed by atoms with Crippen LogP contribution >= 0.6 is 0 Å². The highest BCUT2D eigenvalue weighted by molar-refractivity contribution is 5.94. The fourth-order valence-electron chi connectivity index (χ4n) is 2.64. The van der Waals surface area contributed by atoms with Gasteiger partial charge >= 0.3 is 11.9 Å². The number of nitrogens with zero attached hydrogens (tertiary/aromatic N) is 1. The zero-order valence-electron chi connectivity index (χ0n) is 16.1. The van der Waals surface area contributed by atoms with Gasteiger partial charge in [0.05, 0.1) is 30.7 Å². The zero-order valence-corrected chi connectivity index (χ0v) is 16.1. The lowest BCUT2D eigenvalue weighted by molar-refractivity contribution is -0.139. The molecule has 0 amide bonds. The first-order valence-electron chi connectivity index (χ1n) is 8.71. The van der Waals surface area contributed by atoms with E-state index in [9.17, 15) is 18.8 Å². The van der Waals surface area contributed by atoms with Crippen molar-refractivity contribution in [3.63, 3.8) is 0 Å². The van der Waals surface area contributed by atoms with Gasteiger partial charge in [-0.25, -0.2) is 19.0 Å². The summed E-state index contributed by atoms with van der Waals surface area (Å²) >= 11 is 0. The van der Waals surface area contributed by atoms with Gasteiger partial charge < -0.3 is 19.2 Å². The highest BCUT2D eigenvalue weighted by atomic mass is 19.1. The number of aromatic nitrogens is 2. The van der Waals surface area contributed by atoms with Crippen LogP contribution in [0.5, 0.6) is 5.75 Å². The first-order chi connectivity index (χ1) is 14.4. The average molecular weight is 412 g/mol. The average Bonchev–Trinajstić information content (AvgIpc) is 2.75. The van der Waals surface area contributed by atoms with Gasteiger partial charge in [0.15, 0.2) is 11.6 Å². The number of hydrogen-bond donors (Lipinski definition) is 1. The summed E-state index contributed by atoms with van der Waals surface area (Å²) in [5.74, 6) is -1.63. The topological polar surface area (TPSA) is 108 Å². The Morgan fingerprint density at radius 1 is 1.17 bits per heavy atom. The molecule has 0 aliphatic heterocycles. The minimum atomic E-state index is -0.711. The number of benzene rings is 2. The number of H-pyrrole nitrogens is 1. The SMILES string of the molecule is COC(=O)c1ccc2c(=O)[nH]c(COC(=O)/C=C/c3ccc(OC)c(F)c3)nc2c1. The molecule has 0 aliphatic carbocycles. The highest BCUT2D eigenvalue weighted by Crippen LogP contribution is 2.18. The standard InChI is InChI=1S/C21H17FN2O6/c1-28-17-7-3-12(9-15(17)22)4-8-19(25)30-11-18-23-16-10-13(21(27)29-2)5-6-14(16)20(26)24-18/h3-10H,11H2,1-2H3,(H,23,24,26)/b8-4+. The lowest BCUT2D eigenvalue weighted by Crippen LogP contribution is -2.14. The fraction of sp³-hybridized carbons (Fsp3) is 0.143. The number of carbonyl (C=O) groups is 2. The number of carbonyl (C=O) groups excluding carboxylic acids is 2. The van der Waals surface area contributed by atoms with Gasteiger partial charge in [-0.2, -0.15) is 0 Å². The Morgan fingerprint density at radius 3 is 2.67 bits per heavy atom. The maximum Gasteiger partial charge on any atom is 0.337 e. The number of hydrogen-bond acceptors (Lipinski definition) is 7. The van der Waals surface area contributed by atoms with Gasteiger partial charge in [-0.15, -0.1) is 0 Å². The summed E-state index contributed by atoms with van der Waals surface area (Å²) in [7, 11) is 2.60. The van der Waals surface area contributed by atoms with Gasteiger partial charge in [0.1, 0.15) is 12.4 Å². The summed E-state index contributed by atoms with van der Waals surface area (Å²) in [5, 5.41) is 0.277. The summed E-state index contributed by atoms with van der Waals surface area (Å²) in [6.07, 6.45) is 2.50. The van der Waals surface area contributed by atoms with Crippen LogP contribution in [-0.4, -0.2) is 36.1 Å². The molecule has 0 saturated heterocycles. The molecule has 0 unspecified atom stereocenters. The molecule has 0 bridgehead atoms. The number of aromatic amines is 1. The van der Waals surface area contributed by atoms with Crippen LogP contribution in [0.15, 0.2) is 47.3 Å². The molecule has 0 fully saturated rings. The summed E-state index contributed by atoms with van der Waals surface area (Å²) < 4.78 is 28.2. The van der Waals surface area contributed by atoms with Crippen molar-refractivity contribution in [1.82, 2.24) is 9.97 Å². The van der Waals surface area contributed by atoms with Crippen molar-refractivity contribution < 1.29 is 28.2 Å². The molecule has 30 heavy (non-hydrogen) atoms. The number of nitrogens with one attached hydrogen (secondary N) is 1. The van der Waals surface area contributed by atoms with E-state index < -0.39 is 23.3 Å². The van der Waals surface area contributed by atoms with Crippen LogP contribution in [0.2, 0.25) is 0 Å². The fourth-order valence-corrected chi connectivity index (χ4v) is 2.64. The van der Waals surface area contributed by atoms with E-state index >= 15 is 0 Å². The number of ether oxygens (including phenoxy) is 3. The second kappa shape index (κ2) is 8.99. The maximum atomic E-state index is 13.7. The Morgan fingerprint density at radius 2 is 1.97 bits per heavy atom. The number of esters is 2. The van der Waals surface area contributed by atoms with E-state index in [-0.39, 0.29) is 34.6 Å². The van der Waals surface area contributed by atoms with Gasteiger partial charge in [0, 0.05) is 6.08 Å². The largest absolute Gasteiger partial charge is 0.494 e. The summed E-state index contributed by atoms with van der Waals surface area (Å²) in [4.78, 5) is 42.5. The molecule has 0 aliphatic rings. The predicted octanol–water partition coefficient (Wildman–Crippen LogP) is 2.61. The van der Waals surface area contributed by atoms with E-state index in [2.05, 4.69) is 14.7 Å². The van der Waals surface area contributed by atoms with E-state index in [4.69, 9.17) is 9.47 Å². The lowest BCUT2D eigenvalue weighted by Gasteiger charge is -2.05. The summed E-state index contributed by atoms with van der Waals surface area (Å²) in [6, 6.07) is 8.56.